The molecule has 2 nitrogen and oxygen atoms in total. The SMILES string of the molecule is CC(C)(C)C(=O)N1CCC(=Cc2ccc(Br)c(C(F)(F)F)c2)CC1. The molecule has 132 valence electrons. The van der Waals surface area contributed by atoms with Gasteiger partial charge < -0.3 is 4.90 Å². The summed E-state index contributed by atoms with van der Waals surface area (Å²) in [6, 6.07) is 4.25. The first-order chi connectivity index (χ1) is 11.0. The Morgan fingerprint density at radius 1 is 1.17 bits per heavy atom. The molecular weight excluding hydrogens is 383 g/mol. The number of hydrogen-bond acceptors (Lipinski definition) is 1. The molecular formula is C18H21BrF3NO. The van der Waals surface area contributed by atoms with Crippen molar-refractivity contribution in [2.45, 2.75) is 39.8 Å². The monoisotopic (exact) mass is 403 g/mol. The largest absolute Gasteiger partial charge is 0.417 e. The summed E-state index contributed by atoms with van der Waals surface area (Å²) in [4.78, 5) is 14.1. The normalized spacial score (nSPS) is 16.3. The number of nitrogens with zero attached hydrogens (tertiary/aromatic N) is 1. The highest BCUT2D eigenvalue weighted by Crippen LogP contribution is 2.36. The molecule has 0 atom stereocenters. The lowest BCUT2D eigenvalue weighted by Crippen LogP contribution is -2.42. The molecule has 0 aromatic heterocycles. The summed E-state index contributed by atoms with van der Waals surface area (Å²) in [6.07, 6.45) is -1.19. The van der Waals surface area contributed by atoms with E-state index >= 15 is 0 Å². The minimum Gasteiger partial charge on any atom is -0.342 e. The number of amides is 1. The lowest BCUT2D eigenvalue weighted by atomic mass is 9.92. The number of piperidine rings is 1. The molecule has 0 bridgehead atoms. The minimum atomic E-state index is -4.38. The lowest BCUT2D eigenvalue weighted by molar-refractivity contribution is -0.140. The Labute approximate surface area is 148 Å². The van der Waals surface area contributed by atoms with E-state index in [4.69, 9.17) is 0 Å². The second-order valence-corrected chi connectivity index (χ2v) is 7.94. The highest BCUT2D eigenvalue weighted by molar-refractivity contribution is 9.10. The van der Waals surface area contributed by atoms with Crippen LogP contribution in [0, 0.1) is 5.41 Å². The number of benzene rings is 1. The third-order valence-electron chi connectivity index (χ3n) is 4.00. The van der Waals surface area contributed by atoms with Crippen LogP contribution in [-0.2, 0) is 11.0 Å². The van der Waals surface area contributed by atoms with Crippen LogP contribution in [0.4, 0.5) is 13.2 Å². The van der Waals surface area contributed by atoms with E-state index < -0.39 is 17.2 Å². The van der Waals surface area contributed by atoms with E-state index in [1.165, 1.54) is 6.07 Å². The maximum atomic E-state index is 13.0. The number of halogens is 4. The van der Waals surface area contributed by atoms with Gasteiger partial charge in [0.25, 0.3) is 0 Å². The zero-order valence-electron chi connectivity index (χ0n) is 14.0. The van der Waals surface area contributed by atoms with Crippen LogP contribution in [0.3, 0.4) is 0 Å². The van der Waals surface area contributed by atoms with Crippen molar-refractivity contribution < 1.29 is 18.0 Å². The van der Waals surface area contributed by atoms with Gasteiger partial charge in [0.1, 0.15) is 0 Å². The van der Waals surface area contributed by atoms with Gasteiger partial charge in [-0.3, -0.25) is 4.79 Å². The minimum absolute atomic E-state index is 0.0442. The first-order valence-corrected chi connectivity index (χ1v) is 8.63. The summed E-state index contributed by atoms with van der Waals surface area (Å²) >= 11 is 2.95. The summed E-state index contributed by atoms with van der Waals surface area (Å²) in [6.45, 7) is 6.90. The number of alkyl halides is 3. The first-order valence-electron chi connectivity index (χ1n) is 7.84. The summed E-state index contributed by atoms with van der Waals surface area (Å²) < 4.78 is 38.9. The Morgan fingerprint density at radius 2 is 1.75 bits per heavy atom. The van der Waals surface area contributed by atoms with Gasteiger partial charge in [-0.05, 0) is 30.5 Å². The second kappa shape index (κ2) is 6.90. The van der Waals surface area contributed by atoms with Crippen LogP contribution in [0.15, 0.2) is 28.2 Å². The summed E-state index contributed by atoms with van der Waals surface area (Å²) in [7, 11) is 0. The first kappa shape index (κ1) is 19.0. The van der Waals surface area contributed by atoms with Crippen LogP contribution < -0.4 is 0 Å². The van der Waals surface area contributed by atoms with Crippen LogP contribution >= 0.6 is 15.9 Å². The van der Waals surface area contributed by atoms with Crippen molar-refractivity contribution in [1.29, 1.82) is 0 Å². The standard InChI is InChI=1S/C18H21BrF3NO/c1-17(2,3)16(24)23-8-6-12(7-9-23)10-13-4-5-15(19)14(11-13)18(20,21)22/h4-5,10-11H,6-9H2,1-3H3. The fourth-order valence-corrected chi connectivity index (χ4v) is 3.17. The predicted molar refractivity (Wildman–Crippen MR) is 92.4 cm³/mol. The number of rotatable bonds is 1. The topological polar surface area (TPSA) is 20.3 Å². The van der Waals surface area contributed by atoms with E-state index in [9.17, 15) is 18.0 Å². The molecule has 0 radical (unpaired) electrons. The zero-order chi connectivity index (χ0) is 18.1. The Morgan fingerprint density at radius 3 is 2.25 bits per heavy atom. The van der Waals surface area contributed by atoms with Crippen molar-refractivity contribution in [3.63, 3.8) is 0 Å². The van der Waals surface area contributed by atoms with E-state index in [1.807, 2.05) is 25.7 Å². The lowest BCUT2D eigenvalue weighted by Gasteiger charge is -2.33. The van der Waals surface area contributed by atoms with Gasteiger partial charge in [0.05, 0.1) is 5.56 Å². The summed E-state index contributed by atoms with van der Waals surface area (Å²) in [5, 5.41) is 0. The molecule has 1 aliphatic rings. The molecule has 1 fully saturated rings. The average molecular weight is 404 g/mol. The van der Waals surface area contributed by atoms with Crippen molar-refractivity contribution in [1.82, 2.24) is 4.90 Å². The van der Waals surface area contributed by atoms with E-state index in [1.54, 1.807) is 12.1 Å². The molecule has 6 heteroatoms. The van der Waals surface area contributed by atoms with E-state index in [0.717, 1.165) is 11.6 Å². The van der Waals surface area contributed by atoms with Gasteiger partial charge >= 0.3 is 6.18 Å². The molecule has 1 aromatic rings. The molecule has 0 saturated carbocycles. The third kappa shape index (κ3) is 4.62. The molecule has 0 aliphatic carbocycles. The molecule has 0 N–H and O–H groups in total. The van der Waals surface area contributed by atoms with Crippen molar-refractivity contribution in [2.75, 3.05) is 13.1 Å². The van der Waals surface area contributed by atoms with E-state index in [2.05, 4.69) is 15.9 Å². The third-order valence-corrected chi connectivity index (χ3v) is 4.69. The van der Waals surface area contributed by atoms with Crippen LogP contribution in [0.2, 0.25) is 0 Å². The smallest absolute Gasteiger partial charge is 0.342 e. The van der Waals surface area contributed by atoms with Gasteiger partial charge in [0.2, 0.25) is 5.91 Å². The molecule has 24 heavy (non-hydrogen) atoms. The quantitative estimate of drug-likeness (QED) is 0.604. The van der Waals surface area contributed by atoms with Gasteiger partial charge in [-0.15, -0.1) is 0 Å². The van der Waals surface area contributed by atoms with Crippen LogP contribution in [0.25, 0.3) is 6.08 Å². The molecule has 1 saturated heterocycles. The number of carbonyl (C=O) groups excluding carboxylic acids is 1. The molecule has 1 aromatic carbocycles. The predicted octanol–water partition coefficient (Wildman–Crippen LogP) is 5.52. The van der Waals surface area contributed by atoms with Gasteiger partial charge in [-0.25, -0.2) is 0 Å². The van der Waals surface area contributed by atoms with E-state index in [-0.39, 0.29) is 10.4 Å². The number of hydrogen-bond donors (Lipinski definition) is 0. The van der Waals surface area contributed by atoms with Gasteiger partial charge in [0, 0.05) is 23.0 Å². The fourth-order valence-electron chi connectivity index (χ4n) is 2.70. The summed E-state index contributed by atoms with van der Waals surface area (Å²) in [5.41, 5.74) is 0.533. The van der Waals surface area contributed by atoms with Crippen molar-refractivity contribution in [3.05, 3.63) is 39.4 Å². The van der Waals surface area contributed by atoms with Crippen LogP contribution in [0.1, 0.15) is 44.7 Å². The number of carbonyl (C=O) groups is 1. The van der Waals surface area contributed by atoms with Gasteiger partial charge in [0.15, 0.2) is 0 Å². The highest BCUT2D eigenvalue weighted by atomic mass is 79.9. The molecule has 2 rings (SSSR count). The second-order valence-electron chi connectivity index (χ2n) is 7.08. The molecule has 1 aliphatic heterocycles. The molecule has 1 amide bonds. The van der Waals surface area contributed by atoms with Gasteiger partial charge in [-0.1, -0.05) is 54.4 Å². The maximum Gasteiger partial charge on any atom is 0.417 e. The van der Waals surface area contributed by atoms with Crippen LogP contribution in [-0.4, -0.2) is 23.9 Å². The van der Waals surface area contributed by atoms with Crippen molar-refractivity contribution in [2.24, 2.45) is 5.41 Å². The number of likely N-dealkylation sites (tertiary alicyclic amines) is 1. The van der Waals surface area contributed by atoms with E-state index in [0.29, 0.717) is 31.5 Å². The Hall–Kier alpha value is -1.30. The fraction of sp³-hybridized carbons (Fsp3) is 0.500. The van der Waals surface area contributed by atoms with Gasteiger partial charge in [-0.2, -0.15) is 13.2 Å². The molecule has 0 unspecified atom stereocenters. The van der Waals surface area contributed by atoms with Crippen molar-refractivity contribution in [3.8, 4) is 0 Å². The maximum absolute atomic E-state index is 13.0. The Kier molecular flexibility index (Phi) is 5.47. The molecule has 1 heterocycles. The Bertz CT molecular complexity index is 649. The Balaban J connectivity index is 2.11. The van der Waals surface area contributed by atoms with Crippen molar-refractivity contribution >= 4 is 27.9 Å². The zero-order valence-corrected chi connectivity index (χ0v) is 15.6. The highest BCUT2D eigenvalue weighted by Gasteiger charge is 2.33. The average Bonchev–Trinajstić information content (AvgIpc) is 2.47. The summed E-state index contributed by atoms with van der Waals surface area (Å²) in [5.74, 6) is 0.115. The molecule has 0 spiro atoms. The van der Waals surface area contributed by atoms with Crippen LogP contribution in [0.5, 0.6) is 0 Å².